The van der Waals surface area contributed by atoms with Crippen LogP contribution in [0.15, 0.2) is 54.6 Å². The minimum absolute atomic E-state index is 0.0547. The number of nitriles is 1. The number of hydrogen-bond donors (Lipinski definition) is 3. The molecule has 0 bridgehead atoms. The first-order chi connectivity index (χ1) is 19.5. The molecule has 3 aromatic rings. The summed E-state index contributed by atoms with van der Waals surface area (Å²) in [5, 5.41) is 11.7. The molecular formula is C28H24Cl2FN5O5. The smallest absolute Gasteiger partial charge is 0.413 e. The summed E-state index contributed by atoms with van der Waals surface area (Å²) in [4.78, 5) is 38.6. The van der Waals surface area contributed by atoms with Crippen LogP contribution in [-0.4, -0.2) is 36.6 Å². The summed E-state index contributed by atoms with van der Waals surface area (Å²) < 4.78 is 23.9. The van der Waals surface area contributed by atoms with Gasteiger partial charge in [-0.15, -0.1) is 0 Å². The summed E-state index contributed by atoms with van der Waals surface area (Å²) >= 11 is 12.9. The molecule has 3 N–H and O–H groups in total. The van der Waals surface area contributed by atoms with Gasteiger partial charge in [0, 0.05) is 17.8 Å². The van der Waals surface area contributed by atoms with Crippen molar-refractivity contribution in [3.05, 3.63) is 81.6 Å². The molecule has 0 aliphatic carbocycles. The summed E-state index contributed by atoms with van der Waals surface area (Å²) in [5.41, 5.74) is 5.57. The predicted octanol–water partition coefficient (Wildman–Crippen LogP) is 5.60. The van der Waals surface area contributed by atoms with E-state index in [1.54, 1.807) is 48.2 Å². The van der Waals surface area contributed by atoms with Crippen molar-refractivity contribution in [2.45, 2.75) is 25.8 Å². The number of hydrazine groups is 1. The van der Waals surface area contributed by atoms with Crippen molar-refractivity contribution in [3.63, 3.8) is 0 Å². The van der Waals surface area contributed by atoms with Crippen molar-refractivity contribution < 1.29 is 28.2 Å². The summed E-state index contributed by atoms with van der Waals surface area (Å²) in [7, 11) is 0. The number of nitrogens with one attached hydrogen (secondary N) is 3. The highest BCUT2D eigenvalue weighted by Gasteiger charge is 2.35. The van der Waals surface area contributed by atoms with E-state index in [2.05, 4.69) is 15.6 Å². The summed E-state index contributed by atoms with van der Waals surface area (Å²) in [5.74, 6) is -0.963. The van der Waals surface area contributed by atoms with Gasteiger partial charge in [-0.2, -0.15) is 5.26 Å². The zero-order valence-corrected chi connectivity index (χ0v) is 23.4. The highest BCUT2D eigenvalue weighted by atomic mass is 35.5. The molecule has 3 amide bonds. The third kappa shape index (κ3) is 6.69. The van der Waals surface area contributed by atoms with Crippen LogP contribution < -0.4 is 25.8 Å². The average molecular weight is 600 g/mol. The first kappa shape index (κ1) is 29.6. The maximum Gasteiger partial charge on any atom is 0.413 e. The van der Waals surface area contributed by atoms with E-state index in [0.717, 1.165) is 5.56 Å². The molecule has 10 nitrogen and oxygen atoms in total. The Bertz CT molecular complexity index is 1520. The number of carbonyl (C=O) groups excluding carboxylic acids is 3. The number of amides is 3. The van der Waals surface area contributed by atoms with Gasteiger partial charge in [0.15, 0.2) is 11.3 Å². The second-order valence-corrected chi connectivity index (χ2v) is 9.85. The molecule has 0 saturated carbocycles. The number of benzene rings is 3. The van der Waals surface area contributed by atoms with E-state index in [9.17, 15) is 24.0 Å². The van der Waals surface area contributed by atoms with Crippen molar-refractivity contribution in [1.82, 2.24) is 10.7 Å². The number of carbonyl (C=O) groups is 3. The Morgan fingerprint density at radius 1 is 1.12 bits per heavy atom. The van der Waals surface area contributed by atoms with E-state index in [1.807, 2.05) is 5.32 Å². The van der Waals surface area contributed by atoms with Crippen molar-refractivity contribution in [3.8, 4) is 17.6 Å². The molecule has 41 heavy (non-hydrogen) atoms. The van der Waals surface area contributed by atoms with Gasteiger partial charge >= 0.3 is 6.09 Å². The number of ether oxygens (including phenoxy) is 2. The average Bonchev–Trinajstić information content (AvgIpc) is 2.94. The predicted molar refractivity (Wildman–Crippen MR) is 151 cm³/mol. The van der Waals surface area contributed by atoms with Crippen LogP contribution in [0.4, 0.5) is 20.6 Å². The molecule has 1 aliphatic heterocycles. The van der Waals surface area contributed by atoms with Gasteiger partial charge in [-0.05, 0) is 80.4 Å². The zero-order valence-electron chi connectivity index (χ0n) is 21.9. The van der Waals surface area contributed by atoms with Crippen LogP contribution in [-0.2, 0) is 16.0 Å². The van der Waals surface area contributed by atoms with Crippen LogP contribution in [0.2, 0.25) is 10.0 Å². The van der Waals surface area contributed by atoms with Crippen LogP contribution in [0, 0.1) is 17.1 Å². The van der Waals surface area contributed by atoms with Gasteiger partial charge in [0.1, 0.15) is 11.6 Å². The Balaban J connectivity index is 1.45. The SMILES string of the molecule is CCOC(=O)NC(=O)C(C)(C#N)NNc1cc(Cl)c(Oc2ccc3c(c2)CCN(c2ccc(F)cc2)C3=O)c(Cl)c1. The number of nitrogens with zero attached hydrogens (tertiary/aromatic N) is 2. The number of alkyl carbamates (subject to hydrolysis) is 1. The minimum Gasteiger partial charge on any atom is -0.454 e. The molecule has 1 aliphatic rings. The second-order valence-electron chi connectivity index (χ2n) is 9.03. The van der Waals surface area contributed by atoms with Crippen LogP contribution in [0.25, 0.3) is 0 Å². The van der Waals surface area contributed by atoms with Crippen LogP contribution in [0.3, 0.4) is 0 Å². The molecule has 1 unspecified atom stereocenters. The summed E-state index contributed by atoms with van der Waals surface area (Å²) in [6.45, 7) is 3.30. The fraction of sp³-hybridized carbons (Fsp3) is 0.214. The lowest BCUT2D eigenvalue weighted by molar-refractivity contribution is -0.124. The van der Waals surface area contributed by atoms with Crippen LogP contribution in [0.1, 0.15) is 29.8 Å². The number of rotatable bonds is 8. The third-order valence-corrected chi connectivity index (χ3v) is 6.70. The van der Waals surface area contributed by atoms with Gasteiger partial charge in [0.05, 0.1) is 28.4 Å². The lowest BCUT2D eigenvalue weighted by atomic mass is 9.98. The lowest BCUT2D eigenvalue weighted by Crippen LogP contribution is -2.57. The largest absolute Gasteiger partial charge is 0.454 e. The monoisotopic (exact) mass is 599 g/mol. The molecule has 4 rings (SSSR count). The molecule has 0 spiro atoms. The van der Waals surface area contributed by atoms with E-state index in [0.29, 0.717) is 35.7 Å². The van der Waals surface area contributed by atoms with E-state index in [4.69, 9.17) is 27.9 Å². The molecule has 13 heteroatoms. The molecule has 0 saturated heterocycles. The summed E-state index contributed by atoms with van der Waals surface area (Å²) in [6.07, 6.45) is -0.433. The maximum atomic E-state index is 13.3. The molecule has 0 aromatic heterocycles. The second kappa shape index (κ2) is 12.4. The van der Waals surface area contributed by atoms with Crippen molar-refractivity contribution in [2.75, 3.05) is 23.5 Å². The Morgan fingerprint density at radius 2 is 1.80 bits per heavy atom. The number of halogens is 3. The zero-order chi connectivity index (χ0) is 29.7. The van der Waals surface area contributed by atoms with E-state index in [1.165, 1.54) is 31.2 Å². The van der Waals surface area contributed by atoms with Gasteiger partial charge < -0.3 is 19.8 Å². The highest BCUT2D eigenvalue weighted by molar-refractivity contribution is 6.37. The Kier molecular flexibility index (Phi) is 8.98. The fourth-order valence-electron chi connectivity index (χ4n) is 3.96. The lowest BCUT2D eigenvalue weighted by Gasteiger charge is -2.29. The molecule has 1 heterocycles. The van der Waals surface area contributed by atoms with Crippen molar-refractivity contribution in [1.29, 1.82) is 5.26 Å². The molecule has 0 fully saturated rings. The van der Waals surface area contributed by atoms with E-state index in [-0.39, 0.29) is 34.1 Å². The number of imide groups is 1. The summed E-state index contributed by atoms with van der Waals surface area (Å²) in [6, 6.07) is 15.4. The molecule has 3 aromatic carbocycles. The normalized spacial score (nSPS) is 13.9. The molecule has 0 radical (unpaired) electrons. The van der Waals surface area contributed by atoms with Crippen LogP contribution >= 0.6 is 23.2 Å². The first-order valence-electron chi connectivity index (χ1n) is 12.3. The van der Waals surface area contributed by atoms with E-state index >= 15 is 0 Å². The fourth-order valence-corrected chi connectivity index (χ4v) is 4.52. The minimum atomic E-state index is -1.85. The number of fused-ring (bicyclic) bond motifs is 1. The van der Waals surface area contributed by atoms with Crippen LogP contribution in [0.5, 0.6) is 11.5 Å². The molecule has 1 atom stereocenters. The Labute approximate surface area is 244 Å². The van der Waals surface area contributed by atoms with E-state index < -0.39 is 17.5 Å². The molecular weight excluding hydrogens is 576 g/mol. The maximum absolute atomic E-state index is 13.3. The quantitative estimate of drug-likeness (QED) is 0.285. The van der Waals surface area contributed by atoms with Gasteiger partial charge in [0.25, 0.3) is 11.8 Å². The van der Waals surface area contributed by atoms with Gasteiger partial charge in [-0.3, -0.25) is 14.9 Å². The Hall–Kier alpha value is -4.37. The molecule has 212 valence electrons. The number of anilines is 2. The first-order valence-corrected chi connectivity index (χ1v) is 13.1. The standard InChI is InChI=1S/C28H24Cl2FN5O5/c1-3-40-27(39)33-26(38)28(2,15-32)35-34-18-13-22(29)24(23(30)14-18)41-20-8-9-21-16(12-20)10-11-36(25(21)37)19-6-4-17(31)5-7-19/h4-9,12-14,34-35H,3,10-11H2,1-2H3,(H,33,38,39). The third-order valence-electron chi connectivity index (χ3n) is 6.14. The van der Waals surface area contributed by atoms with Gasteiger partial charge in [0.2, 0.25) is 0 Å². The highest BCUT2D eigenvalue weighted by Crippen LogP contribution is 2.39. The van der Waals surface area contributed by atoms with Gasteiger partial charge in [-0.25, -0.2) is 14.6 Å². The topological polar surface area (TPSA) is 133 Å². The van der Waals surface area contributed by atoms with Crippen molar-refractivity contribution in [2.24, 2.45) is 0 Å². The van der Waals surface area contributed by atoms with Crippen molar-refractivity contribution >= 4 is 52.5 Å². The Morgan fingerprint density at radius 3 is 2.44 bits per heavy atom. The van der Waals surface area contributed by atoms with Gasteiger partial charge in [-0.1, -0.05) is 23.2 Å². The number of hydrogen-bond acceptors (Lipinski definition) is 8.